The van der Waals surface area contributed by atoms with Crippen LogP contribution in [0.2, 0.25) is 0 Å². The number of ketones is 1. The molecule has 1 N–H and O–H groups in total. The first-order chi connectivity index (χ1) is 28.4. The number of rotatable bonds is 9. The normalized spacial score (nSPS) is 30.9. The number of Topliss-reactive ketones (excluding diaryl/α,β-unsaturated/α-hetero) is 1. The van der Waals surface area contributed by atoms with Gasteiger partial charge in [0.1, 0.15) is 18.0 Å². The van der Waals surface area contributed by atoms with Crippen molar-refractivity contribution in [1.82, 2.24) is 14.6 Å². The number of benzene rings is 1. The minimum absolute atomic E-state index is 0.00499. The SMILES string of the molecule is C=C[C@@H]1C[C@]1(CC(=O)[C@@H]1C[C@@H]2CN1C(=O)[C@H](C1CCCC1)CC(=O)O[C@@H]1CCC[C@H]1CC/C=C/Cc1c(nc3ccccc3c1OC(C)=O)O2)C(=O)NS(=O)(=O)C1CC1. The molecule has 0 unspecified atom stereocenters. The van der Waals surface area contributed by atoms with Crippen LogP contribution in [-0.2, 0) is 45.2 Å². The predicted molar refractivity (Wildman–Crippen MR) is 217 cm³/mol. The molecule has 6 aliphatic rings. The monoisotopic (exact) mass is 829 g/mol. The number of ether oxygens (including phenoxy) is 3. The zero-order valence-corrected chi connectivity index (χ0v) is 34.6. The Hall–Kier alpha value is -4.59. The average molecular weight is 830 g/mol. The van der Waals surface area contributed by atoms with Gasteiger partial charge in [0.15, 0.2) is 5.78 Å². The van der Waals surface area contributed by atoms with Crippen molar-refractivity contribution < 1.29 is 46.6 Å². The van der Waals surface area contributed by atoms with E-state index in [-0.39, 0.29) is 62.0 Å². The Bertz CT molecular complexity index is 2160. The zero-order chi connectivity index (χ0) is 41.5. The summed E-state index contributed by atoms with van der Waals surface area (Å²) < 4.78 is 46.7. The third-order valence-electron chi connectivity index (χ3n) is 13.6. The molecule has 0 radical (unpaired) electrons. The number of aromatic nitrogens is 1. The van der Waals surface area contributed by atoms with Crippen LogP contribution in [0, 0.1) is 29.1 Å². The number of carbonyl (C=O) groups excluding carboxylic acids is 5. The summed E-state index contributed by atoms with van der Waals surface area (Å²) in [5.74, 6) is -2.82. The number of hydrogen-bond donors (Lipinski definition) is 1. The highest BCUT2D eigenvalue weighted by Gasteiger charge is 2.61. The van der Waals surface area contributed by atoms with E-state index in [1.54, 1.807) is 12.1 Å². The summed E-state index contributed by atoms with van der Waals surface area (Å²) in [4.78, 5) is 76.2. The van der Waals surface area contributed by atoms with E-state index < -0.39 is 68.3 Å². The number of nitrogens with one attached hydrogen (secondary N) is 1. The fourth-order valence-corrected chi connectivity index (χ4v) is 11.6. The van der Waals surface area contributed by atoms with Gasteiger partial charge in [-0.25, -0.2) is 13.4 Å². The van der Waals surface area contributed by atoms with E-state index >= 15 is 4.79 Å². The minimum atomic E-state index is -3.88. The average Bonchev–Trinajstić information content (AvgIpc) is 3.99. The molecule has 2 bridgehead atoms. The molecule has 2 aromatic rings. The number of pyridine rings is 1. The number of fused-ring (bicyclic) bond motifs is 5. The van der Waals surface area contributed by atoms with Crippen molar-refractivity contribution in [3.05, 3.63) is 54.6 Å². The summed E-state index contributed by atoms with van der Waals surface area (Å²) in [5, 5.41) is 0.0176. The van der Waals surface area contributed by atoms with E-state index in [1.807, 2.05) is 24.3 Å². The Labute approximate surface area is 345 Å². The van der Waals surface area contributed by atoms with E-state index in [2.05, 4.69) is 17.4 Å². The van der Waals surface area contributed by atoms with Crippen molar-refractivity contribution in [1.29, 1.82) is 0 Å². The van der Waals surface area contributed by atoms with E-state index in [9.17, 15) is 27.6 Å². The lowest BCUT2D eigenvalue weighted by molar-refractivity contribution is -0.156. The minimum Gasteiger partial charge on any atom is -0.472 e. The summed E-state index contributed by atoms with van der Waals surface area (Å²) >= 11 is 0. The number of nitrogens with zero attached hydrogens (tertiary/aromatic N) is 2. The van der Waals surface area contributed by atoms with Gasteiger partial charge < -0.3 is 19.1 Å². The summed E-state index contributed by atoms with van der Waals surface area (Å²) in [6.07, 6.45) is 13.5. The van der Waals surface area contributed by atoms with Crippen LogP contribution < -0.4 is 14.2 Å². The molecule has 14 heteroatoms. The van der Waals surface area contributed by atoms with Crippen LogP contribution in [0.4, 0.5) is 0 Å². The molecule has 3 heterocycles. The maximum absolute atomic E-state index is 15.0. The van der Waals surface area contributed by atoms with Crippen LogP contribution >= 0.6 is 0 Å². The third-order valence-corrected chi connectivity index (χ3v) is 15.5. The number of sulfonamides is 1. The van der Waals surface area contributed by atoms with Gasteiger partial charge in [-0.1, -0.05) is 43.2 Å². The van der Waals surface area contributed by atoms with Gasteiger partial charge in [-0.05, 0) is 101 Å². The fourth-order valence-electron chi connectivity index (χ4n) is 10.2. The maximum atomic E-state index is 15.0. The van der Waals surface area contributed by atoms with Crippen LogP contribution in [0.5, 0.6) is 11.6 Å². The number of amides is 2. The predicted octanol–water partition coefficient (Wildman–Crippen LogP) is 6.07. The highest BCUT2D eigenvalue weighted by atomic mass is 32.2. The van der Waals surface area contributed by atoms with Gasteiger partial charge in [-0.2, -0.15) is 0 Å². The first kappa shape index (κ1) is 41.2. The second-order valence-electron chi connectivity index (χ2n) is 17.7. The van der Waals surface area contributed by atoms with Crippen molar-refractivity contribution in [2.45, 2.75) is 133 Å². The number of para-hydroxylation sites is 1. The van der Waals surface area contributed by atoms with Crippen molar-refractivity contribution in [3.8, 4) is 11.6 Å². The highest BCUT2D eigenvalue weighted by Crippen LogP contribution is 2.57. The topological polar surface area (TPSA) is 175 Å². The molecule has 2 amide bonds. The molecule has 0 spiro atoms. The van der Waals surface area contributed by atoms with Crippen LogP contribution in [0.25, 0.3) is 10.9 Å². The Kier molecular flexibility index (Phi) is 11.7. The molecular formula is C45H55N3O10S. The lowest BCUT2D eigenvalue weighted by Crippen LogP contribution is -2.47. The van der Waals surface area contributed by atoms with E-state index in [4.69, 9.17) is 19.2 Å². The van der Waals surface area contributed by atoms with Crippen LogP contribution in [0.15, 0.2) is 49.1 Å². The molecule has 13 nitrogen and oxygen atoms in total. The summed E-state index contributed by atoms with van der Waals surface area (Å²) in [7, 11) is -3.88. The lowest BCUT2D eigenvalue weighted by Gasteiger charge is -2.31. The van der Waals surface area contributed by atoms with Crippen LogP contribution in [0.1, 0.15) is 109 Å². The number of hydrogen-bond acceptors (Lipinski definition) is 11. The van der Waals surface area contributed by atoms with Crippen molar-refractivity contribution in [2.75, 3.05) is 6.54 Å². The maximum Gasteiger partial charge on any atom is 0.308 e. The van der Waals surface area contributed by atoms with E-state index in [0.717, 1.165) is 57.8 Å². The Morgan fingerprint density at radius 1 is 1.00 bits per heavy atom. The first-order valence-electron chi connectivity index (χ1n) is 21.5. The Morgan fingerprint density at radius 3 is 2.49 bits per heavy atom. The van der Waals surface area contributed by atoms with E-state index in [1.165, 1.54) is 11.8 Å². The second-order valence-corrected chi connectivity index (χ2v) is 19.6. The van der Waals surface area contributed by atoms with Gasteiger partial charge in [0, 0.05) is 25.2 Å². The molecule has 4 aliphatic carbocycles. The van der Waals surface area contributed by atoms with E-state index in [0.29, 0.717) is 41.5 Å². The van der Waals surface area contributed by atoms with Crippen molar-refractivity contribution >= 4 is 50.5 Å². The van der Waals surface area contributed by atoms with Gasteiger partial charge in [0.25, 0.3) is 0 Å². The first-order valence-corrected chi connectivity index (χ1v) is 23.0. The van der Waals surface area contributed by atoms with Gasteiger partial charge in [0.2, 0.25) is 27.7 Å². The number of esters is 2. The summed E-state index contributed by atoms with van der Waals surface area (Å²) in [5.41, 5.74) is -0.219. The van der Waals surface area contributed by atoms with Gasteiger partial charge in [-0.3, -0.25) is 28.7 Å². The van der Waals surface area contributed by atoms with Gasteiger partial charge >= 0.3 is 11.9 Å². The Balaban J connectivity index is 1.17. The molecule has 1 saturated heterocycles. The van der Waals surface area contributed by atoms with Crippen molar-refractivity contribution in [3.63, 3.8) is 0 Å². The molecule has 5 fully saturated rings. The van der Waals surface area contributed by atoms with Crippen molar-refractivity contribution in [2.24, 2.45) is 29.1 Å². The molecule has 7 atom stereocenters. The third kappa shape index (κ3) is 8.70. The number of allylic oxidation sites excluding steroid dienone is 3. The standard InChI is InChI=1S/C45H55N3O10S/c1-3-30-24-45(30,44(53)47-59(54,55)32-20-21-32)25-38(50)37-22-31-26-48(37)43(52)35(28-12-7-8-13-28)23-40(51)58-39-19-11-15-29(39)14-5-4-6-17-34-41(56-27(2)49)33-16-9-10-18-36(33)46-42(34)57-31/h3-4,6,9-10,16,18,28-32,35,37,39H,1,5,7-8,11-15,17,19-26H2,2H3,(H,47,53)/b6-4+/t29-,30-,31-,35+,37+,39-,45-/m1/s1. The Morgan fingerprint density at radius 2 is 1.76 bits per heavy atom. The summed E-state index contributed by atoms with van der Waals surface area (Å²) in [6.45, 7) is 5.20. The smallest absolute Gasteiger partial charge is 0.308 e. The molecular weight excluding hydrogens is 775 g/mol. The highest BCUT2D eigenvalue weighted by molar-refractivity contribution is 7.90. The number of carbonyl (C=O) groups is 5. The quantitative estimate of drug-likeness (QED) is 0.230. The zero-order valence-electron chi connectivity index (χ0n) is 33.8. The molecule has 59 heavy (non-hydrogen) atoms. The molecule has 2 aliphatic heterocycles. The molecule has 4 saturated carbocycles. The fraction of sp³-hybridized carbons (Fsp3) is 0.600. The lowest BCUT2D eigenvalue weighted by atomic mass is 9.86. The second kappa shape index (κ2) is 16.8. The molecule has 8 rings (SSSR count). The largest absolute Gasteiger partial charge is 0.472 e. The molecule has 1 aromatic heterocycles. The summed E-state index contributed by atoms with van der Waals surface area (Å²) in [6, 6.07) is 6.27. The van der Waals surface area contributed by atoms with Gasteiger partial charge in [0.05, 0.1) is 46.7 Å². The molecule has 1 aromatic carbocycles. The van der Waals surface area contributed by atoms with Crippen LogP contribution in [0.3, 0.4) is 0 Å². The van der Waals surface area contributed by atoms with Crippen LogP contribution in [-0.4, -0.2) is 77.9 Å². The van der Waals surface area contributed by atoms with Gasteiger partial charge in [-0.15, -0.1) is 6.58 Å². The molecule has 316 valence electrons.